The number of carbonyl (C=O) groups is 2. The molecule has 0 saturated carbocycles. The van der Waals surface area contributed by atoms with Crippen molar-refractivity contribution >= 4 is 50.9 Å². The lowest BCUT2D eigenvalue weighted by atomic mass is 10.1. The third-order valence-electron chi connectivity index (χ3n) is 5.16. The summed E-state index contributed by atoms with van der Waals surface area (Å²) in [6, 6.07) is 8.16. The van der Waals surface area contributed by atoms with Gasteiger partial charge in [0.15, 0.2) is 6.61 Å². The summed E-state index contributed by atoms with van der Waals surface area (Å²) in [4.78, 5) is 27.3. The molecule has 0 aliphatic carbocycles. The number of benzene rings is 2. The molecule has 2 rings (SSSR count). The Morgan fingerprint density at radius 2 is 1.75 bits per heavy atom. The Bertz CT molecular complexity index is 925. The Labute approximate surface area is 208 Å². The second-order valence-corrected chi connectivity index (χ2v) is 9.31. The van der Waals surface area contributed by atoms with Gasteiger partial charge >= 0.3 is 0 Å². The number of aryl methyl sites for hydroxylation is 2. The zero-order valence-electron chi connectivity index (χ0n) is 18.8. The summed E-state index contributed by atoms with van der Waals surface area (Å²) in [6.45, 7) is 8.10. The zero-order valence-corrected chi connectivity index (χ0v) is 21.9. The van der Waals surface area contributed by atoms with E-state index in [9.17, 15) is 9.59 Å². The van der Waals surface area contributed by atoms with Crippen LogP contribution in [0.1, 0.15) is 43.4 Å². The lowest BCUT2D eigenvalue weighted by Crippen LogP contribution is -2.49. The SMILES string of the molecule is CCCCNC(=O)[C@H](C)N(Cc1c(Cl)cccc1Cl)C(=O)COc1cc(C)c(Br)c(C)c1. The molecule has 0 heterocycles. The molecular formula is C24H29BrCl2N2O3. The minimum Gasteiger partial charge on any atom is -0.484 e. The van der Waals surface area contributed by atoms with Crippen LogP contribution in [0.3, 0.4) is 0 Å². The van der Waals surface area contributed by atoms with Gasteiger partial charge in [-0.1, -0.05) is 58.5 Å². The predicted octanol–water partition coefficient (Wildman–Crippen LogP) is 6.09. The van der Waals surface area contributed by atoms with Gasteiger partial charge in [0.05, 0.1) is 0 Å². The molecule has 0 radical (unpaired) electrons. The van der Waals surface area contributed by atoms with Crippen LogP contribution in [0.4, 0.5) is 0 Å². The number of halogens is 3. The lowest BCUT2D eigenvalue weighted by molar-refractivity contribution is -0.142. The first-order chi connectivity index (χ1) is 15.1. The van der Waals surface area contributed by atoms with Crippen molar-refractivity contribution in [3.05, 3.63) is 61.5 Å². The molecule has 2 aromatic rings. The second-order valence-electron chi connectivity index (χ2n) is 7.70. The van der Waals surface area contributed by atoms with Gasteiger partial charge in [-0.05, 0) is 62.6 Å². The van der Waals surface area contributed by atoms with Crippen molar-refractivity contribution in [1.29, 1.82) is 0 Å². The minimum atomic E-state index is -0.719. The number of unbranched alkanes of at least 4 members (excludes halogenated alkanes) is 1. The van der Waals surface area contributed by atoms with E-state index in [1.165, 1.54) is 4.90 Å². The van der Waals surface area contributed by atoms with Crippen LogP contribution in [0.15, 0.2) is 34.8 Å². The normalized spacial score (nSPS) is 11.7. The van der Waals surface area contributed by atoms with Crippen LogP contribution >= 0.6 is 39.1 Å². The summed E-state index contributed by atoms with van der Waals surface area (Å²) < 4.78 is 6.79. The minimum absolute atomic E-state index is 0.0987. The standard InChI is InChI=1S/C24H29BrCl2N2O3/c1-5-6-10-28-24(31)17(4)29(13-19-20(26)8-7-9-21(19)27)22(30)14-32-18-11-15(2)23(25)16(3)12-18/h7-9,11-12,17H,5-6,10,13-14H2,1-4H3,(H,28,31)/t17-/m0/s1. The molecule has 2 aromatic carbocycles. The van der Waals surface area contributed by atoms with Gasteiger partial charge < -0.3 is 15.0 Å². The highest BCUT2D eigenvalue weighted by Crippen LogP contribution is 2.28. The Hall–Kier alpha value is -1.76. The molecule has 2 amide bonds. The summed E-state index contributed by atoms with van der Waals surface area (Å²) in [5, 5.41) is 3.76. The van der Waals surface area contributed by atoms with Crippen molar-refractivity contribution in [2.45, 2.75) is 53.1 Å². The number of carbonyl (C=O) groups excluding carboxylic acids is 2. The topological polar surface area (TPSA) is 58.6 Å². The number of ether oxygens (including phenoxy) is 1. The fourth-order valence-electron chi connectivity index (χ4n) is 3.19. The largest absolute Gasteiger partial charge is 0.484 e. The van der Waals surface area contributed by atoms with Gasteiger partial charge in [0.2, 0.25) is 5.91 Å². The Morgan fingerprint density at radius 1 is 1.16 bits per heavy atom. The molecule has 1 atom stereocenters. The van der Waals surface area contributed by atoms with Gasteiger partial charge in [0, 0.05) is 33.2 Å². The molecule has 0 fully saturated rings. The first-order valence-electron chi connectivity index (χ1n) is 10.5. The van der Waals surface area contributed by atoms with Crippen molar-refractivity contribution < 1.29 is 14.3 Å². The maximum atomic E-state index is 13.2. The highest BCUT2D eigenvalue weighted by molar-refractivity contribution is 9.10. The van der Waals surface area contributed by atoms with Gasteiger partial charge in [-0.15, -0.1) is 0 Å². The van der Waals surface area contributed by atoms with Crippen molar-refractivity contribution in [3.8, 4) is 5.75 Å². The molecule has 0 aliphatic heterocycles. The van der Waals surface area contributed by atoms with Crippen LogP contribution in [0, 0.1) is 13.8 Å². The van der Waals surface area contributed by atoms with Crippen LogP contribution < -0.4 is 10.1 Å². The Kier molecular flexibility index (Phi) is 10.3. The van der Waals surface area contributed by atoms with Crippen molar-refractivity contribution in [2.24, 2.45) is 0 Å². The number of hydrogen-bond acceptors (Lipinski definition) is 3. The fraction of sp³-hybridized carbons (Fsp3) is 0.417. The predicted molar refractivity (Wildman–Crippen MR) is 134 cm³/mol. The molecule has 0 spiro atoms. The molecule has 8 heteroatoms. The van der Waals surface area contributed by atoms with Crippen LogP contribution in [0.2, 0.25) is 10.0 Å². The number of rotatable bonds is 10. The van der Waals surface area contributed by atoms with E-state index in [1.807, 2.05) is 32.9 Å². The zero-order chi connectivity index (χ0) is 23.8. The van der Waals surface area contributed by atoms with Crippen molar-refractivity contribution in [1.82, 2.24) is 10.2 Å². The van der Waals surface area contributed by atoms with Crippen molar-refractivity contribution in [2.75, 3.05) is 13.2 Å². The van der Waals surface area contributed by atoms with Gasteiger partial charge in [-0.2, -0.15) is 0 Å². The molecule has 5 nitrogen and oxygen atoms in total. The summed E-state index contributed by atoms with van der Waals surface area (Å²) in [6.07, 6.45) is 1.83. The smallest absolute Gasteiger partial charge is 0.261 e. The third kappa shape index (κ3) is 7.12. The van der Waals surface area contributed by atoms with E-state index < -0.39 is 6.04 Å². The molecule has 0 aromatic heterocycles. The van der Waals surface area contributed by atoms with E-state index in [1.54, 1.807) is 25.1 Å². The van der Waals surface area contributed by atoms with Crippen LogP contribution in [-0.2, 0) is 16.1 Å². The van der Waals surface area contributed by atoms with E-state index in [2.05, 4.69) is 21.2 Å². The van der Waals surface area contributed by atoms with Crippen molar-refractivity contribution in [3.63, 3.8) is 0 Å². The van der Waals surface area contributed by atoms with Gasteiger partial charge in [-0.25, -0.2) is 0 Å². The average molecular weight is 544 g/mol. The van der Waals surface area contributed by atoms with Crippen LogP contribution in [0.25, 0.3) is 0 Å². The van der Waals surface area contributed by atoms with E-state index >= 15 is 0 Å². The molecule has 0 saturated heterocycles. The fourth-order valence-corrected chi connectivity index (χ4v) is 3.94. The number of nitrogens with zero attached hydrogens (tertiary/aromatic N) is 1. The molecular weight excluding hydrogens is 515 g/mol. The van der Waals surface area contributed by atoms with Gasteiger partial charge in [0.1, 0.15) is 11.8 Å². The summed E-state index contributed by atoms with van der Waals surface area (Å²) >= 11 is 16.2. The van der Waals surface area contributed by atoms with Gasteiger partial charge in [0.25, 0.3) is 5.91 Å². The highest BCUT2D eigenvalue weighted by atomic mass is 79.9. The second kappa shape index (κ2) is 12.5. The molecule has 0 bridgehead atoms. The van der Waals surface area contributed by atoms with E-state index in [4.69, 9.17) is 27.9 Å². The monoisotopic (exact) mass is 542 g/mol. The first-order valence-corrected chi connectivity index (χ1v) is 12.1. The van der Waals surface area contributed by atoms with E-state index in [-0.39, 0.29) is 25.0 Å². The number of amides is 2. The summed E-state index contributed by atoms with van der Waals surface area (Å²) in [5.74, 6) is 0.0231. The molecule has 32 heavy (non-hydrogen) atoms. The first kappa shape index (κ1) is 26.5. The van der Waals surface area contributed by atoms with Gasteiger partial charge in [-0.3, -0.25) is 9.59 Å². The number of hydrogen-bond donors (Lipinski definition) is 1. The van der Waals surface area contributed by atoms with E-state index in [0.717, 1.165) is 28.4 Å². The average Bonchev–Trinajstić information content (AvgIpc) is 2.75. The quantitative estimate of drug-likeness (QED) is 0.369. The molecule has 1 N–H and O–H groups in total. The highest BCUT2D eigenvalue weighted by Gasteiger charge is 2.27. The van der Waals surface area contributed by atoms with Crippen LogP contribution in [0.5, 0.6) is 5.75 Å². The molecule has 0 unspecified atom stereocenters. The van der Waals surface area contributed by atoms with Crippen LogP contribution in [-0.4, -0.2) is 35.9 Å². The summed E-state index contributed by atoms with van der Waals surface area (Å²) in [5.41, 5.74) is 2.61. The maximum Gasteiger partial charge on any atom is 0.261 e. The third-order valence-corrected chi connectivity index (χ3v) is 7.12. The molecule has 0 aliphatic rings. The Morgan fingerprint density at radius 3 is 2.31 bits per heavy atom. The lowest BCUT2D eigenvalue weighted by Gasteiger charge is -2.29. The summed E-state index contributed by atoms with van der Waals surface area (Å²) in [7, 11) is 0. The molecule has 174 valence electrons. The number of nitrogens with one attached hydrogen (secondary N) is 1. The maximum absolute atomic E-state index is 13.2. The van der Waals surface area contributed by atoms with E-state index in [0.29, 0.717) is 27.9 Å². The Balaban J connectivity index is 2.22.